The zero-order valence-corrected chi connectivity index (χ0v) is 11.6. The molecule has 0 aromatic carbocycles. The number of hydrogen-bond donors (Lipinski definition) is 1. The molecule has 100 valence electrons. The zero-order valence-electron chi connectivity index (χ0n) is 11.6. The molecular weight excluding hydrogens is 226 g/mol. The summed E-state index contributed by atoms with van der Waals surface area (Å²) in [7, 11) is 2.16. The summed E-state index contributed by atoms with van der Waals surface area (Å²) >= 11 is 0. The Hall–Kier alpha value is -1.36. The van der Waals surface area contributed by atoms with E-state index >= 15 is 0 Å². The Bertz CT molecular complexity index is 385. The van der Waals surface area contributed by atoms with Crippen LogP contribution in [0.5, 0.6) is 0 Å². The van der Waals surface area contributed by atoms with Gasteiger partial charge in [-0.05, 0) is 20.4 Å². The molecule has 0 saturated carbocycles. The first-order valence-electron chi connectivity index (χ1n) is 6.72. The molecule has 0 atom stereocenters. The smallest absolute Gasteiger partial charge is 0.224 e. The summed E-state index contributed by atoms with van der Waals surface area (Å²) in [6.45, 7) is 9.37. The van der Waals surface area contributed by atoms with Crippen LogP contribution in [0.1, 0.15) is 19.0 Å². The summed E-state index contributed by atoms with van der Waals surface area (Å²) < 4.78 is 0. The summed E-state index contributed by atoms with van der Waals surface area (Å²) in [6, 6.07) is 2.07. The number of hydrogen-bond acceptors (Lipinski definition) is 5. The Morgan fingerprint density at radius 1 is 1.22 bits per heavy atom. The predicted molar refractivity (Wildman–Crippen MR) is 75.3 cm³/mol. The molecule has 1 N–H and O–H groups in total. The SMILES string of the molecule is CCCNc1nc(C)cc(N2CCN(C)CC2)n1. The average Bonchev–Trinajstić information content (AvgIpc) is 2.36. The summed E-state index contributed by atoms with van der Waals surface area (Å²) in [5.41, 5.74) is 1.03. The number of nitrogens with one attached hydrogen (secondary N) is 1. The van der Waals surface area contributed by atoms with Gasteiger partial charge in [0, 0.05) is 44.5 Å². The van der Waals surface area contributed by atoms with E-state index < -0.39 is 0 Å². The Morgan fingerprint density at radius 3 is 2.61 bits per heavy atom. The Labute approximate surface area is 109 Å². The van der Waals surface area contributed by atoms with Crippen LogP contribution in [0.2, 0.25) is 0 Å². The minimum Gasteiger partial charge on any atom is -0.354 e. The standard InChI is InChI=1S/C13H23N5/c1-4-5-14-13-15-11(2)10-12(16-13)18-8-6-17(3)7-9-18/h10H,4-9H2,1-3H3,(H,14,15,16). The van der Waals surface area contributed by atoms with E-state index in [-0.39, 0.29) is 0 Å². The molecule has 2 rings (SSSR count). The van der Waals surface area contributed by atoms with E-state index in [2.05, 4.69) is 45.1 Å². The van der Waals surface area contributed by atoms with E-state index in [0.29, 0.717) is 0 Å². The van der Waals surface area contributed by atoms with Gasteiger partial charge in [-0.3, -0.25) is 0 Å². The quantitative estimate of drug-likeness (QED) is 0.873. The molecule has 0 radical (unpaired) electrons. The van der Waals surface area contributed by atoms with Crippen LogP contribution in [0.15, 0.2) is 6.07 Å². The van der Waals surface area contributed by atoms with Gasteiger partial charge in [0.15, 0.2) is 0 Å². The second-order valence-electron chi connectivity index (χ2n) is 4.91. The van der Waals surface area contributed by atoms with Gasteiger partial charge in [0.2, 0.25) is 5.95 Å². The summed E-state index contributed by atoms with van der Waals surface area (Å²) in [5.74, 6) is 1.81. The van der Waals surface area contributed by atoms with Crippen molar-refractivity contribution in [1.82, 2.24) is 14.9 Å². The van der Waals surface area contributed by atoms with Crippen LogP contribution in [-0.4, -0.2) is 54.6 Å². The molecule has 0 spiro atoms. The molecule has 1 fully saturated rings. The number of likely N-dealkylation sites (N-methyl/N-ethyl adjacent to an activating group) is 1. The van der Waals surface area contributed by atoms with Crippen LogP contribution in [0.25, 0.3) is 0 Å². The van der Waals surface area contributed by atoms with E-state index in [1.807, 2.05) is 6.92 Å². The molecule has 5 nitrogen and oxygen atoms in total. The molecular formula is C13H23N5. The normalized spacial score (nSPS) is 16.9. The van der Waals surface area contributed by atoms with Gasteiger partial charge < -0.3 is 15.1 Å². The second-order valence-corrected chi connectivity index (χ2v) is 4.91. The van der Waals surface area contributed by atoms with Crippen molar-refractivity contribution in [1.29, 1.82) is 0 Å². The fourth-order valence-electron chi connectivity index (χ4n) is 2.07. The average molecular weight is 249 g/mol. The molecule has 1 saturated heterocycles. The van der Waals surface area contributed by atoms with Gasteiger partial charge in [-0.1, -0.05) is 6.92 Å². The van der Waals surface area contributed by atoms with Crippen molar-refractivity contribution >= 4 is 11.8 Å². The third-order valence-corrected chi connectivity index (χ3v) is 3.20. The molecule has 0 bridgehead atoms. The van der Waals surface area contributed by atoms with Crippen molar-refractivity contribution in [2.45, 2.75) is 20.3 Å². The van der Waals surface area contributed by atoms with Crippen LogP contribution >= 0.6 is 0 Å². The van der Waals surface area contributed by atoms with Gasteiger partial charge in [-0.25, -0.2) is 4.98 Å². The van der Waals surface area contributed by atoms with E-state index in [4.69, 9.17) is 0 Å². The molecule has 0 unspecified atom stereocenters. The molecule has 0 amide bonds. The van der Waals surface area contributed by atoms with Gasteiger partial charge in [0.25, 0.3) is 0 Å². The number of aromatic nitrogens is 2. The minimum atomic E-state index is 0.755. The highest BCUT2D eigenvalue weighted by Crippen LogP contribution is 2.16. The first-order chi connectivity index (χ1) is 8.69. The number of rotatable bonds is 4. The molecule has 1 aliphatic heterocycles. The van der Waals surface area contributed by atoms with Crippen LogP contribution in [0.3, 0.4) is 0 Å². The topological polar surface area (TPSA) is 44.3 Å². The van der Waals surface area contributed by atoms with Crippen molar-refractivity contribution in [3.05, 3.63) is 11.8 Å². The molecule has 5 heteroatoms. The van der Waals surface area contributed by atoms with Gasteiger partial charge >= 0.3 is 0 Å². The van der Waals surface area contributed by atoms with Crippen LogP contribution < -0.4 is 10.2 Å². The lowest BCUT2D eigenvalue weighted by Gasteiger charge is -2.33. The Kier molecular flexibility index (Phi) is 4.36. The third kappa shape index (κ3) is 3.32. The number of piperazine rings is 1. The maximum absolute atomic E-state index is 4.60. The maximum atomic E-state index is 4.60. The third-order valence-electron chi connectivity index (χ3n) is 3.20. The molecule has 1 aromatic heterocycles. The van der Waals surface area contributed by atoms with Gasteiger partial charge in [0.1, 0.15) is 5.82 Å². The fourth-order valence-corrected chi connectivity index (χ4v) is 2.07. The Balaban J connectivity index is 2.09. The lowest BCUT2D eigenvalue weighted by Crippen LogP contribution is -2.44. The largest absolute Gasteiger partial charge is 0.354 e. The van der Waals surface area contributed by atoms with Crippen LogP contribution in [-0.2, 0) is 0 Å². The highest BCUT2D eigenvalue weighted by molar-refractivity contribution is 5.45. The molecule has 18 heavy (non-hydrogen) atoms. The van der Waals surface area contributed by atoms with Gasteiger partial charge in [-0.2, -0.15) is 4.98 Å². The van der Waals surface area contributed by atoms with E-state index in [1.54, 1.807) is 0 Å². The lowest BCUT2D eigenvalue weighted by atomic mass is 10.3. The molecule has 2 heterocycles. The highest BCUT2D eigenvalue weighted by atomic mass is 15.3. The number of aryl methyl sites for hydroxylation is 1. The van der Waals surface area contributed by atoms with E-state index in [1.165, 1.54) is 0 Å². The summed E-state index contributed by atoms with van der Waals surface area (Å²) in [4.78, 5) is 13.7. The minimum absolute atomic E-state index is 0.755. The lowest BCUT2D eigenvalue weighted by molar-refractivity contribution is 0.312. The van der Waals surface area contributed by atoms with Crippen LogP contribution in [0.4, 0.5) is 11.8 Å². The van der Waals surface area contributed by atoms with E-state index in [0.717, 1.165) is 56.6 Å². The first-order valence-corrected chi connectivity index (χ1v) is 6.72. The second kappa shape index (κ2) is 6.00. The zero-order chi connectivity index (χ0) is 13.0. The summed E-state index contributed by atoms with van der Waals surface area (Å²) in [5, 5.41) is 3.26. The van der Waals surface area contributed by atoms with Crippen molar-refractivity contribution in [2.24, 2.45) is 0 Å². The van der Waals surface area contributed by atoms with Crippen molar-refractivity contribution in [3.8, 4) is 0 Å². The highest BCUT2D eigenvalue weighted by Gasteiger charge is 2.16. The van der Waals surface area contributed by atoms with E-state index in [9.17, 15) is 0 Å². The molecule has 1 aliphatic rings. The van der Waals surface area contributed by atoms with Crippen molar-refractivity contribution < 1.29 is 0 Å². The number of anilines is 2. The number of nitrogens with zero attached hydrogens (tertiary/aromatic N) is 4. The molecule has 1 aromatic rings. The fraction of sp³-hybridized carbons (Fsp3) is 0.692. The van der Waals surface area contributed by atoms with Crippen molar-refractivity contribution in [2.75, 3.05) is 50.0 Å². The molecule has 0 aliphatic carbocycles. The summed E-state index contributed by atoms with van der Waals surface area (Å²) in [6.07, 6.45) is 1.08. The Morgan fingerprint density at radius 2 is 1.94 bits per heavy atom. The monoisotopic (exact) mass is 249 g/mol. The van der Waals surface area contributed by atoms with Gasteiger partial charge in [0.05, 0.1) is 0 Å². The van der Waals surface area contributed by atoms with Gasteiger partial charge in [-0.15, -0.1) is 0 Å². The van der Waals surface area contributed by atoms with Crippen LogP contribution in [0, 0.1) is 6.92 Å². The first kappa shape index (κ1) is 13.1. The van der Waals surface area contributed by atoms with Crippen molar-refractivity contribution in [3.63, 3.8) is 0 Å². The predicted octanol–water partition coefficient (Wildman–Crippen LogP) is 1.36. The maximum Gasteiger partial charge on any atom is 0.224 e.